The zero-order valence-electron chi connectivity index (χ0n) is 18.1. The molecule has 3 rings (SSSR count). The second-order valence-corrected chi connectivity index (χ2v) is 8.37. The van der Waals surface area contributed by atoms with E-state index in [1.54, 1.807) is 0 Å². The minimum Gasteiger partial charge on any atom is -0.390 e. The van der Waals surface area contributed by atoms with Gasteiger partial charge in [0.1, 0.15) is 30.5 Å². The number of ether oxygens (including phenoxy) is 4. The van der Waals surface area contributed by atoms with Crippen LogP contribution in [-0.2, 0) is 18.9 Å². The second kappa shape index (κ2) is 12.2. The largest absolute Gasteiger partial charge is 0.390 e. The zero-order chi connectivity index (χ0) is 22.2. The van der Waals surface area contributed by atoms with Gasteiger partial charge in [-0.05, 0) is 6.42 Å². The van der Waals surface area contributed by atoms with Gasteiger partial charge < -0.3 is 39.4 Å². The van der Waals surface area contributed by atoms with Crippen molar-refractivity contribution in [2.45, 2.75) is 94.7 Å². The molecular weight excluding hydrogens is 404 g/mol. The second-order valence-electron chi connectivity index (χ2n) is 8.37. The van der Waals surface area contributed by atoms with Crippen molar-refractivity contribution in [3.8, 4) is 0 Å². The third kappa shape index (κ3) is 6.69. The Morgan fingerprint density at radius 3 is 2.45 bits per heavy atom. The van der Waals surface area contributed by atoms with E-state index in [1.807, 2.05) is 30.3 Å². The van der Waals surface area contributed by atoms with Crippen molar-refractivity contribution in [1.29, 1.82) is 0 Å². The lowest BCUT2D eigenvalue weighted by atomic mass is 9.98. The first-order valence-corrected chi connectivity index (χ1v) is 11.3. The molecule has 2 aliphatic rings. The number of benzene rings is 1. The highest BCUT2D eigenvalue weighted by Crippen LogP contribution is 2.34. The van der Waals surface area contributed by atoms with Gasteiger partial charge in [-0.2, -0.15) is 0 Å². The standard InChI is InChI=1S/C23H36O8/c1-2-3-4-5-9-12-16(24)17(25)13-28-23-20(27)19(26)21-18(30-23)14-29-22(31-21)15-10-7-6-8-11-15/h6-8,10-11,16-27H,2-5,9,12-14H2,1H3/t16-,17-,18+,19+,20+,21-,22-,23+/m0/s1. The van der Waals surface area contributed by atoms with Gasteiger partial charge in [0.25, 0.3) is 0 Å². The molecule has 0 amide bonds. The number of rotatable bonds is 11. The van der Waals surface area contributed by atoms with Gasteiger partial charge in [0.05, 0.1) is 19.3 Å². The molecule has 0 aromatic heterocycles. The lowest BCUT2D eigenvalue weighted by Gasteiger charge is -2.46. The molecule has 0 spiro atoms. The molecule has 2 fully saturated rings. The van der Waals surface area contributed by atoms with E-state index in [9.17, 15) is 20.4 Å². The van der Waals surface area contributed by atoms with Crippen LogP contribution in [0.1, 0.15) is 57.3 Å². The third-order valence-electron chi connectivity index (χ3n) is 5.88. The van der Waals surface area contributed by atoms with Crippen LogP contribution in [0.4, 0.5) is 0 Å². The summed E-state index contributed by atoms with van der Waals surface area (Å²) in [5.41, 5.74) is 0.813. The Bertz CT molecular complexity index is 627. The number of fused-ring (bicyclic) bond motifs is 1. The van der Waals surface area contributed by atoms with Crippen molar-refractivity contribution >= 4 is 0 Å². The van der Waals surface area contributed by atoms with Crippen LogP contribution in [0.2, 0.25) is 0 Å². The summed E-state index contributed by atoms with van der Waals surface area (Å²) in [5.74, 6) is 0. The molecule has 1 aromatic carbocycles. The maximum absolute atomic E-state index is 10.6. The van der Waals surface area contributed by atoms with Crippen molar-refractivity contribution in [3.63, 3.8) is 0 Å². The molecule has 8 heteroatoms. The number of unbranched alkanes of at least 4 members (excludes halogenated alkanes) is 4. The van der Waals surface area contributed by atoms with Crippen molar-refractivity contribution in [2.24, 2.45) is 0 Å². The van der Waals surface area contributed by atoms with Gasteiger partial charge in [0.2, 0.25) is 0 Å². The number of aliphatic hydroxyl groups excluding tert-OH is 4. The van der Waals surface area contributed by atoms with E-state index in [4.69, 9.17) is 18.9 Å². The Morgan fingerprint density at radius 1 is 0.968 bits per heavy atom. The van der Waals surface area contributed by atoms with Gasteiger partial charge in [-0.25, -0.2) is 0 Å². The SMILES string of the molecule is CCCCCCC[C@H](O)[C@@H](O)CO[C@@H]1O[C@@H]2CO[C@H](c3ccccc3)O[C@@H]2[C@H](O)[C@H]1O. The Labute approximate surface area is 183 Å². The topological polar surface area (TPSA) is 118 Å². The van der Waals surface area contributed by atoms with Gasteiger partial charge in [-0.3, -0.25) is 0 Å². The summed E-state index contributed by atoms with van der Waals surface area (Å²) >= 11 is 0. The molecule has 176 valence electrons. The molecule has 0 bridgehead atoms. The Morgan fingerprint density at radius 2 is 1.71 bits per heavy atom. The summed E-state index contributed by atoms with van der Waals surface area (Å²) in [4.78, 5) is 0. The van der Waals surface area contributed by atoms with E-state index < -0.39 is 49.2 Å². The fourth-order valence-corrected chi connectivity index (χ4v) is 3.95. The summed E-state index contributed by atoms with van der Waals surface area (Å²) in [5, 5.41) is 41.3. The van der Waals surface area contributed by atoms with E-state index in [1.165, 1.54) is 6.42 Å². The van der Waals surface area contributed by atoms with Crippen LogP contribution in [0, 0.1) is 0 Å². The predicted octanol–water partition coefficient (Wildman–Crippen LogP) is 1.65. The number of hydrogen-bond donors (Lipinski definition) is 4. The molecule has 31 heavy (non-hydrogen) atoms. The van der Waals surface area contributed by atoms with Crippen LogP contribution in [0.25, 0.3) is 0 Å². The molecule has 4 N–H and O–H groups in total. The molecule has 2 saturated heterocycles. The number of hydrogen-bond acceptors (Lipinski definition) is 8. The molecule has 2 aliphatic heterocycles. The summed E-state index contributed by atoms with van der Waals surface area (Å²) in [6, 6.07) is 9.34. The highest BCUT2D eigenvalue weighted by atomic mass is 16.8. The Hall–Kier alpha value is -1.10. The Kier molecular flexibility index (Phi) is 9.68. The smallest absolute Gasteiger partial charge is 0.186 e. The lowest BCUT2D eigenvalue weighted by Crippen LogP contribution is -2.62. The molecule has 2 heterocycles. The highest BCUT2D eigenvalue weighted by Gasteiger charge is 2.49. The van der Waals surface area contributed by atoms with Crippen molar-refractivity contribution in [3.05, 3.63) is 35.9 Å². The first kappa shape index (κ1) is 24.5. The summed E-state index contributed by atoms with van der Waals surface area (Å²) in [7, 11) is 0. The molecule has 0 radical (unpaired) electrons. The van der Waals surface area contributed by atoms with E-state index in [2.05, 4.69) is 6.92 Å². The van der Waals surface area contributed by atoms with Crippen LogP contribution in [0.5, 0.6) is 0 Å². The van der Waals surface area contributed by atoms with Gasteiger partial charge in [0, 0.05) is 5.56 Å². The number of aliphatic hydroxyl groups is 4. The summed E-state index contributed by atoms with van der Waals surface area (Å²) < 4.78 is 22.8. The van der Waals surface area contributed by atoms with Crippen LogP contribution >= 0.6 is 0 Å². The van der Waals surface area contributed by atoms with Crippen LogP contribution in [-0.4, -0.2) is 76.6 Å². The maximum atomic E-state index is 10.6. The normalized spacial score (nSPS) is 32.9. The summed E-state index contributed by atoms with van der Waals surface area (Å²) in [6.45, 7) is 2.09. The van der Waals surface area contributed by atoms with E-state index in [0.717, 1.165) is 31.2 Å². The third-order valence-corrected chi connectivity index (χ3v) is 5.88. The van der Waals surface area contributed by atoms with Crippen LogP contribution in [0.15, 0.2) is 30.3 Å². The maximum Gasteiger partial charge on any atom is 0.186 e. The molecule has 8 atom stereocenters. The first-order chi connectivity index (χ1) is 15.0. The minimum absolute atomic E-state index is 0.163. The molecule has 8 nitrogen and oxygen atoms in total. The predicted molar refractivity (Wildman–Crippen MR) is 112 cm³/mol. The molecule has 0 saturated carbocycles. The highest BCUT2D eigenvalue weighted by molar-refractivity contribution is 5.16. The average molecular weight is 441 g/mol. The first-order valence-electron chi connectivity index (χ1n) is 11.3. The van der Waals surface area contributed by atoms with E-state index in [-0.39, 0.29) is 13.2 Å². The minimum atomic E-state index is -1.35. The molecule has 0 unspecified atom stereocenters. The molecule has 1 aromatic rings. The lowest BCUT2D eigenvalue weighted by molar-refractivity contribution is -0.363. The fraction of sp³-hybridized carbons (Fsp3) is 0.739. The monoisotopic (exact) mass is 440 g/mol. The van der Waals surface area contributed by atoms with Gasteiger partial charge in [0.15, 0.2) is 12.6 Å². The van der Waals surface area contributed by atoms with Crippen LogP contribution in [0.3, 0.4) is 0 Å². The van der Waals surface area contributed by atoms with Gasteiger partial charge in [-0.1, -0.05) is 69.4 Å². The molecular formula is C23H36O8. The fourth-order valence-electron chi connectivity index (χ4n) is 3.95. The van der Waals surface area contributed by atoms with Crippen molar-refractivity contribution in [1.82, 2.24) is 0 Å². The Balaban J connectivity index is 1.45. The van der Waals surface area contributed by atoms with E-state index in [0.29, 0.717) is 6.42 Å². The van der Waals surface area contributed by atoms with E-state index >= 15 is 0 Å². The molecule has 0 aliphatic carbocycles. The van der Waals surface area contributed by atoms with Crippen LogP contribution < -0.4 is 0 Å². The summed E-state index contributed by atoms with van der Waals surface area (Å²) in [6.07, 6.45) is -2.02. The average Bonchev–Trinajstić information content (AvgIpc) is 2.80. The van der Waals surface area contributed by atoms with Crippen molar-refractivity contribution < 1.29 is 39.4 Å². The van der Waals surface area contributed by atoms with Crippen molar-refractivity contribution in [2.75, 3.05) is 13.2 Å². The quantitative estimate of drug-likeness (QED) is 0.384. The zero-order valence-corrected chi connectivity index (χ0v) is 18.1. The van der Waals surface area contributed by atoms with Gasteiger partial charge >= 0.3 is 0 Å². The van der Waals surface area contributed by atoms with Gasteiger partial charge in [-0.15, -0.1) is 0 Å².